The summed E-state index contributed by atoms with van der Waals surface area (Å²) in [5.74, 6) is 5.35. The quantitative estimate of drug-likeness (QED) is 0.586. The van der Waals surface area contributed by atoms with Crippen LogP contribution in [0.3, 0.4) is 0 Å². The summed E-state index contributed by atoms with van der Waals surface area (Å²) in [5, 5.41) is 0. The summed E-state index contributed by atoms with van der Waals surface area (Å²) in [4.78, 5) is 0. The van der Waals surface area contributed by atoms with E-state index in [1.807, 2.05) is 0 Å². The van der Waals surface area contributed by atoms with Crippen molar-refractivity contribution in [1.29, 1.82) is 0 Å². The van der Waals surface area contributed by atoms with Gasteiger partial charge in [0.25, 0.3) is 0 Å². The lowest BCUT2D eigenvalue weighted by Crippen LogP contribution is -2.21. The number of rotatable bonds is 2. The molecule has 2 aliphatic carbocycles. The second kappa shape index (κ2) is 3.05. The van der Waals surface area contributed by atoms with Gasteiger partial charge in [0.1, 0.15) is 0 Å². The molecule has 5 unspecified atom stereocenters. The minimum atomic E-state index is 0.993. The van der Waals surface area contributed by atoms with E-state index in [0.717, 1.165) is 29.6 Å². The molecule has 0 heteroatoms. The van der Waals surface area contributed by atoms with Crippen molar-refractivity contribution in [3.8, 4) is 0 Å². The van der Waals surface area contributed by atoms with Gasteiger partial charge in [0, 0.05) is 0 Å². The van der Waals surface area contributed by atoms with Crippen LogP contribution in [-0.2, 0) is 0 Å². The second-order valence-electron chi connectivity index (χ2n) is 5.25. The molecule has 0 aromatic rings. The van der Waals surface area contributed by atoms with Gasteiger partial charge >= 0.3 is 0 Å². The molecule has 70 valence electrons. The van der Waals surface area contributed by atoms with Gasteiger partial charge in [0.05, 0.1) is 0 Å². The zero-order valence-corrected chi connectivity index (χ0v) is 8.72. The number of hydrogen-bond acceptors (Lipinski definition) is 0. The molecule has 2 fully saturated rings. The Hall–Kier alpha value is 0. The largest absolute Gasteiger partial charge is 0.0651 e. The van der Waals surface area contributed by atoms with Crippen LogP contribution in [0.25, 0.3) is 0 Å². The van der Waals surface area contributed by atoms with E-state index in [0.29, 0.717) is 0 Å². The van der Waals surface area contributed by atoms with E-state index in [-0.39, 0.29) is 0 Å². The van der Waals surface area contributed by atoms with E-state index in [1.165, 1.54) is 6.42 Å². The van der Waals surface area contributed by atoms with E-state index >= 15 is 0 Å². The molecule has 0 saturated heterocycles. The van der Waals surface area contributed by atoms with Crippen molar-refractivity contribution >= 4 is 0 Å². The Labute approximate surface area is 76.7 Å². The standard InChI is InChI=1S/C12H22/c1-4-8(2)12-7-10-6-11(12)5-9(10)3/h8-12H,4-7H2,1-3H3. The van der Waals surface area contributed by atoms with Gasteiger partial charge in [-0.25, -0.2) is 0 Å². The first-order chi connectivity index (χ1) is 5.72. The van der Waals surface area contributed by atoms with Gasteiger partial charge in [-0.3, -0.25) is 0 Å². The fraction of sp³-hybridized carbons (Fsp3) is 1.00. The van der Waals surface area contributed by atoms with Crippen LogP contribution >= 0.6 is 0 Å². The summed E-state index contributed by atoms with van der Waals surface area (Å²) in [7, 11) is 0. The van der Waals surface area contributed by atoms with Crippen molar-refractivity contribution in [2.45, 2.75) is 46.5 Å². The molecule has 0 amide bonds. The summed E-state index contributed by atoms with van der Waals surface area (Å²) in [5.41, 5.74) is 0. The maximum absolute atomic E-state index is 2.46. The monoisotopic (exact) mass is 166 g/mol. The van der Waals surface area contributed by atoms with E-state index in [4.69, 9.17) is 0 Å². The molecule has 2 bridgehead atoms. The van der Waals surface area contributed by atoms with Crippen molar-refractivity contribution < 1.29 is 0 Å². The molecule has 0 aliphatic heterocycles. The predicted molar refractivity (Wildman–Crippen MR) is 52.9 cm³/mol. The van der Waals surface area contributed by atoms with E-state index in [2.05, 4.69) is 20.8 Å². The first kappa shape index (κ1) is 8.59. The smallest absolute Gasteiger partial charge is 0.0357 e. The lowest BCUT2D eigenvalue weighted by molar-refractivity contribution is 0.203. The molecule has 5 atom stereocenters. The number of hydrogen-bond donors (Lipinski definition) is 0. The van der Waals surface area contributed by atoms with Crippen LogP contribution in [0, 0.1) is 29.6 Å². The first-order valence-corrected chi connectivity index (χ1v) is 5.72. The normalized spacial score (nSPS) is 48.2. The van der Waals surface area contributed by atoms with Gasteiger partial charge in [-0.15, -0.1) is 0 Å². The zero-order valence-electron chi connectivity index (χ0n) is 8.72. The van der Waals surface area contributed by atoms with Crippen LogP contribution in [0.5, 0.6) is 0 Å². The van der Waals surface area contributed by atoms with Crippen molar-refractivity contribution in [3.05, 3.63) is 0 Å². The molecular weight excluding hydrogens is 144 g/mol. The van der Waals surface area contributed by atoms with Crippen LogP contribution < -0.4 is 0 Å². The second-order valence-corrected chi connectivity index (χ2v) is 5.25. The van der Waals surface area contributed by atoms with Crippen molar-refractivity contribution in [2.75, 3.05) is 0 Å². The van der Waals surface area contributed by atoms with E-state index in [1.54, 1.807) is 19.3 Å². The van der Waals surface area contributed by atoms with Gasteiger partial charge in [0.2, 0.25) is 0 Å². The molecule has 0 heterocycles. The summed E-state index contributed by atoms with van der Waals surface area (Å²) in [6.07, 6.45) is 6.05. The molecule has 0 N–H and O–H groups in total. The Morgan fingerprint density at radius 3 is 2.33 bits per heavy atom. The molecule has 12 heavy (non-hydrogen) atoms. The highest BCUT2D eigenvalue weighted by Crippen LogP contribution is 2.54. The molecule has 2 saturated carbocycles. The molecule has 2 rings (SSSR count). The van der Waals surface area contributed by atoms with Crippen LogP contribution in [0.2, 0.25) is 0 Å². The summed E-state index contributed by atoms with van der Waals surface area (Å²) in [6.45, 7) is 7.26. The van der Waals surface area contributed by atoms with Crippen LogP contribution in [-0.4, -0.2) is 0 Å². The van der Waals surface area contributed by atoms with Crippen LogP contribution in [0.4, 0.5) is 0 Å². The molecule has 0 spiro atoms. The minimum absolute atomic E-state index is 0.993. The average molecular weight is 166 g/mol. The van der Waals surface area contributed by atoms with E-state index in [9.17, 15) is 0 Å². The average Bonchev–Trinajstić information content (AvgIpc) is 2.60. The SMILES string of the molecule is CCC(C)C1CC2CC1CC2C. The highest BCUT2D eigenvalue weighted by molar-refractivity contribution is 4.94. The van der Waals surface area contributed by atoms with Gasteiger partial charge < -0.3 is 0 Å². The number of fused-ring (bicyclic) bond motifs is 2. The third-order valence-electron chi connectivity index (χ3n) is 4.64. The third kappa shape index (κ3) is 1.20. The summed E-state index contributed by atoms with van der Waals surface area (Å²) < 4.78 is 0. The Bertz CT molecular complexity index is 159. The van der Waals surface area contributed by atoms with Gasteiger partial charge in [-0.2, -0.15) is 0 Å². The van der Waals surface area contributed by atoms with Crippen molar-refractivity contribution in [1.82, 2.24) is 0 Å². The first-order valence-electron chi connectivity index (χ1n) is 5.72. The lowest BCUT2D eigenvalue weighted by atomic mass is 9.76. The topological polar surface area (TPSA) is 0 Å². The highest BCUT2D eigenvalue weighted by atomic mass is 14.5. The third-order valence-corrected chi connectivity index (χ3v) is 4.64. The molecule has 0 nitrogen and oxygen atoms in total. The molecule has 2 aliphatic rings. The van der Waals surface area contributed by atoms with Crippen molar-refractivity contribution in [3.63, 3.8) is 0 Å². The fourth-order valence-corrected chi connectivity index (χ4v) is 3.61. The highest BCUT2D eigenvalue weighted by Gasteiger charge is 2.44. The van der Waals surface area contributed by atoms with E-state index < -0.39 is 0 Å². The zero-order chi connectivity index (χ0) is 8.72. The summed E-state index contributed by atoms with van der Waals surface area (Å²) in [6, 6.07) is 0. The summed E-state index contributed by atoms with van der Waals surface area (Å²) >= 11 is 0. The molecular formula is C12H22. The lowest BCUT2D eigenvalue weighted by Gasteiger charge is -2.29. The molecule has 0 radical (unpaired) electrons. The van der Waals surface area contributed by atoms with Gasteiger partial charge in [-0.1, -0.05) is 27.2 Å². The Kier molecular flexibility index (Phi) is 2.18. The molecule has 0 aromatic heterocycles. The Morgan fingerprint density at radius 2 is 1.92 bits per heavy atom. The van der Waals surface area contributed by atoms with Crippen molar-refractivity contribution in [2.24, 2.45) is 29.6 Å². The van der Waals surface area contributed by atoms with Gasteiger partial charge in [0.15, 0.2) is 0 Å². The minimum Gasteiger partial charge on any atom is -0.0651 e. The van der Waals surface area contributed by atoms with Crippen LogP contribution in [0.15, 0.2) is 0 Å². The van der Waals surface area contributed by atoms with Gasteiger partial charge in [-0.05, 0) is 48.9 Å². The van der Waals surface area contributed by atoms with Crippen LogP contribution in [0.1, 0.15) is 46.5 Å². The fourth-order valence-electron chi connectivity index (χ4n) is 3.61. The maximum atomic E-state index is 2.46. The Balaban J connectivity index is 1.98. The molecule has 0 aromatic carbocycles. The maximum Gasteiger partial charge on any atom is -0.0357 e. The Morgan fingerprint density at radius 1 is 1.17 bits per heavy atom. The predicted octanol–water partition coefficient (Wildman–Crippen LogP) is 3.71.